The zero-order valence-corrected chi connectivity index (χ0v) is 14.8. The van der Waals surface area contributed by atoms with Crippen molar-refractivity contribution in [2.24, 2.45) is 0 Å². The number of para-hydroxylation sites is 1. The molecule has 3 rings (SSSR count). The quantitative estimate of drug-likeness (QED) is 0.420. The van der Waals surface area contributed by atoms with Crippen LogP contribution in [-0.4, -0.2) is 7.05 Å². The van der Waals surface area contributed by atoms with Gasteiger partial charge in [-0.15, -0.1) is 0 Å². The fourth-order valence-electron chi connectivity index (χ4n) is 2.23. The highest BCUT2D eigenvalue weighted by atomic mass is 127. The van der Waals surface area contributed by atoms with Gasteiger partial charge >= 0.3 is 0 Å². The van der Waals surface area contributed by atoms with Crippen LogP contribution in [0, 0.1) is 0 Å². The molecule has 0 saturated heterocycles. The van der Waals surface area contributed by atoms with Gasteiger partial charge in [0.25, 0.3) is 0 Å². The molecule has 0 N–H and O–H groups in total. The Morgan fingerprint density at radius 3 is 2.57 bits per heavy atom. The lowest BCUT2D eigenvalue weighted by Gasteiger charge is -2.13. The van der Waals surface area contributed by atoms with E-state index in [1.165, 1.54) is 21.2 Å². The van der Waals surface area contributed by atoms with Crippen molar-refractivity contribution in [3.63, 3.8) is 0 Å². The molecule has 1 aliphatic heterocycles. The van der Waals surface area contributed by atoms with Crippen LogP contribution in [0.1, 0.15) is 5.56 Å². The molecule has 0 radical (unpaired) electrons. The van der Waals surface area contributed by atoms with Crippen molar-refractivity contribution >= 4 is 23.5 Å². The minimum absolute atomic E-state index is 0. The van der Waals surface area contributed by atoms with Crippen molar-refractivity contribution in [2.75, 3.05) is 11.9 Å². The summed E-state index contributed by atoms with van der Waals surface area (Å²) in [5, 5.41) is 1.26. The monoisotopic (exact) mass is 408 g/mol. The van der Waals surface area contributed by atoms with Gasteiger partial charge in [0.1, 0.15) is 0 Å². The highest BCUT2D eigenvalue weighted by Gasteiger charge is 2.20. The van der Waals surface area contributed by atoms with Gasteiger partial charge < -0.3 is 28.9 Å². The summed E-state index contributed by atoms with van der Waals surface area (Å²) in [6.07, 6.45) is 8.29. The number of halogens is 1. The normalized spacial score (nSPS) is 14.7. The maximum Gasteiger partial charge on any atom is 0.169 e. The number of hydrogen-bond donors (Lipinski definition) is 0. The average molecular weight is 408 g/mol. The second kappa shape index (κ2) is 7.13. The highest BCUT2D eigenvalue weighted by molar-refractivity contribution is 8.03. The van der Waals surface area contributed by atoms with Crippen LogP contribution in [0.25, 0.3) is 6.08 Å². The Labute approximate surface area is 147 Å². The number of allylic oxidation sites excluding steroid dienone is 1. The molecule has 21 heavy (non-hydrogen) atoms. The standard InChI is InChI=1S/C17H17N2S.HI/c1-3-10-19-11-8-14(9-12-19)13-17-18(2)15-6-4-5-7-16(15)20-17;/h3-9,11-13H,1,10H2,2H3;1H/q+1;/p-1. The van der Waals surface area contributed by atoms with Crippen LogP contribution in [0.5, 0.6) is 0 Å². The maximum absolute atomic E-state index is 3.75. The molecular weight excluding hydrogens is 391 g/mol. The summed E-state index contributed by atoms with van der Waals surface area (Å²) >= 11 is 1.82. The van der Waals surface area contributed by atoms with E-state index in [9.17, 15) is 0 Å². The largest absolute Gasteiger partial charge is 1.00 e. The summed E-state index contributed by atoms with van der Waals surface area (Å²) in [4.78, 5) is 3.56. The van der Waals surface area contributed by atoms with E-state index < -0.39 is 0 Å². The van der Waals surface area contributed by atoms with Gasteiger partial charge in [-0.05, 0) is 29.8 Å². The Kier molecular flexibility index (Phi) is 5.47. The van der Waals surface area contributed by atoms with Crippen LogP contribution >= 0.6 is 11.8 Å². The highest BCUT2D eigenvalue weighted by Crippen LogP contribution is 2.45. The molecule has 1 aromatic heterocycles. The van der Waals surface area contributed by atoms with Crippen LogP contribution in [0.4, 0.5) is 5.69 Å². The second-order valence-electron chi connectivity index (χ2n) is 4.73. The van der Waals surface area contributed by atoms with Crippen LogP contribution in [0.2, 0.25) is 0 Å². The zero-order valence-electron chi connectivity index (χ0n) is 11.9. The summed E-state index contributed by atoms with van der Waals surface area (Å²) in [7, 11) is 2.12. The molecule has 1 aliphatic rings. The summed E-state index contributed by atoms with van der Waals surface area (Å²) in [5.74, 6) is 0. The third kappa shape index (κ3) is 3.49. The molecule has 0 atom stereocenters. The lowest BCUT2D eigenvalue weighted by molar-refractivity contribution is -0.687. The Morgan fingerprint density at radius 1 is 1.19 bits per heavy atom. The third-order valence-corrected chi connectivity index (χ3v) is 4.48. The van der Waals surface area contributed by atoms with Gasteiger partial charge in [0.15, 0.2) is 18.9 Å². The van der Waals surface area contributed by atoms with Gasteiger partial charge in [-0.2, -0.15) is 0 Å². The Morgan fingerprint density at radius 2 is 1.90 bits per heavy atom. The van der Waals surface area contributed by atoms with E-state index in [1.807, 2.05) is 17.8 Å². The minimum atomic E-state index is 0. The first kappa shape index (κ1) is 16.1. The molecule has 0 amide bonds. The molecule has 108 valence electrons. The van der Waals surface area contributed by atoms with Crippen molar-refractivity contribution in [1.29, 1.82) is 0 Å². The summed E-state index contributed by atoms with van der Waals surface area (Å²) in [6, 6.07) is 12.8. The van der Waals surface area contributed by atoms with E-state index in [-0.39, 0.29) is 24.0 Å². The molecular formula is C17H17IN2S. The first-order valence-corrected chi connectivity index (χ1v) is 7.42. The predicted octanol–water partition coefficient (Wildman–Crippen LogP) is 0.705. The average Bonchev–Trinajstić information content (AvgIpc) is 2.79. The van der Waals surface area contributed by atoms with Gasteiger partial charge in [0, 0.05) is 24.1 Å². The molecule has 0 fully saturated rings. The Bertz CT molecular complexity index is 665. The number of nitrogens with zero attached hydrogens (tertiary/aromatic N) is 2. The van der Waals surface area contributed by atoms with Gasteiger partial charge in [0.2, 0.25) is 0 Å². The van der Waals surface area contributed by atoms with E-state index >= 15 is 0 Å². The van der Waals surface area contributed by atoms with Gasteiger partial charge in [-0.25, -0.2) is 4.57 Å². The topological polar surface area (TPSA) is 7.12 Å². The summed E-state index contributed by atoms with van der Waals surface area (Å²) in [6.45, 7) is 4.60. The smallest absolute Gasteiger partial charge is 0.169 e. The van der Waals surface area contributed by atoms with Crippen LogP contribution in [0.3, 0.4) is 0 Å². The minimum Gasteiger partial charge on any atom is -1.00 e. The Hall–Kier alpha value is -1.27. The fourth-order valence-corrected chi connectivity index (χ4v) is 3.34. The van der Waals surface area contributed by atoms with E-state index in [2.05, 4.69) is 78.0 Å². The number of aromatic nitrogens is 1. The van der Waals surface area contributed by atoms with Crippen molar-refractivity contribution in [3.8, 4) is 0 Å². The van der Waals surface area contributed by atoms with Crippen molar-refractivity contribution in [3.05, 3.63) is 72.0 Å². The fraction of sp³-hybridized carbons (Fsp3) is 0.118. The number of hydrogen-bond acceptors (Lipinski definition) is 2. The van der Waals surface area contributed by atoms with E-state index in [1.54, 1.807) is 0 Å². The number of rotatable bonds is 3. The SMILES string of the molecule is C=CC[n+]1ccc(C=C2Sc3ccccc3N2C)cc1.[I-]. The lowest BCUT2D eigenvalue weighted by atomic mass is 10.2. The molecule has 0 spiro atoms. The molecule has 2 nitrogen and oxygen atoms in total. The van der Waals surface area contributed by atoms with Crippen molar-refractivity contribution in [1.82, 2.24) is 0 Å². The molecule has 0 aliphatic carbocycles. The van der Waals surface area contributed by atoms with Crippen molar-refractivity contribution in [2.45, 2.75) is 11.4 Å². The first-order valence-electron chi connectivity index (χ1n) is 6.60. The molecule has 0 saturated carbocycles. The molecule has 0 unspecified atom stereocenters. The third-order valence-electron chi connectivity index (χ3n) is 3.32. The van der Waals surface area contributed by atoms with Crippen LogP contribution in [-0.2, 0) is 6.54 Å². The zero-order chi connectivity index (χ0) is 13.9. The number of fused-ring (bicyclic) bond motifs is 1. The maximum atomic E-state index is 3.75. The van der Waals surface area contributed by atoms with Crippen molar-refractivity contribution < 1.29 is 28.5 Å². The van der Waals surface area contributed by atoms with E-state index in [4.69, 9.17) is 0 Å². The first-order chi connectivity index (χ1) is 9.78. The van der Waals surface area contributed by atoms with Crippen LogP contribution in [0.15, 0.2) is 71.4 Å². The molecule has 2 heterocycles. The number of thioether (sulfide) groups is 1. The number of pyridine rings is 1. The van der Waals surface area contributed by atoms with E-state index in [0.717, 1.165) is 6.54 Å². The number of anilines is 1. The lowest BCUT2D eigenvalue weighted by Crippen LogP contribution is -3.00. The summed E-state index contributed by atoms with van der Waals surface area (Å²) < 4.78 is 2.11. The molecule has 0 bridgehead atoms. The van der Waals surface area contributed by atoms with E-state index in [0.29, 0.717) is 0 Å². The number of benzene rings is 1. The summed E-state index contributed by atoms with van der Waals surface area (Å²) in [5.41, 5.74) is 2.49. The van der Waals surface area contributed by atoms with Gasteiger partial charge in [-0.1, -0.05) is 30.5 Å². The van der Waals surface area contributed by atoms with Crippen LogP contribution < -0.4 is 33.4 Å². The Balaban J connectivity index is 0.00000161. The molecule has 2 aromatic rings. The molecule has 1 aromatic carbocycles. The van der Waals surface area contributed by atoms with Gasteiger partial charge in [0.05, 0.1) is 10.7 Å². The van der Waals surface area contributed by atoms with Gasteiger partial charge in [-0.3, -0.25) is 0 Å². The molecule has 4 heteroatoms. The predicted molar refractivity (Wildman–Crippen MR) is 85.5 cm³/mol. The second-order valence-corrected chi connectivity index (χ2v) is 5.79.